The molecule has 1 saturated heterocycles. The Morgan fingerprint density at radius 3 is 3.11 bits per heavy atom. The fourth-order valence-electron chi connectivity index (χ4n) is 2.34. The van der Waals surface area contributed by atoms with E-state index < -0.39 is 11.8 Å². The zero-order valence-corrected chi connectivity index (χ0v) is 10.9. The number of nitrogens with one attached hydrogen (secondary N) is 1. The van der Waals surface area contributed by atoms with Gasteiger partial charge in [0.05, 0.1) is 0 Å². The molecule has 104 valence electrons. The average molecular weight is 267 g/mol. The van der Waals surface area contributed by atoms with Gasteiger partial charge in [-0.2, -0.15) is 0 Å². The third kappa shape index (κ3) is 3.20. The van der Waals surface area contributed by atoms with Gasteiger partial charge in [-0.1, -0.05) is 6.92 Å². The molecule has 0 aromatic carbocycles. The van der Waals surface area contributed by atoms with Crippen LogP contribution in [0.5, 0.6) is 0 Å². The first-order valence-corrected chi connectivity index (χ1v) is 6.45. The van der Waals surface area contributed by atoms with Gasteiger partial charge in [0, 0.05) is 19.3 Å². The van der Waals surface area contributed by atoms with E-state index in [1.54, 1.807) is 0 Å². The summed E-state index contributed by atoms with van der Waals surface area (Å²) in [4.78, 5) is 17.0. The molecule has 2 rings (SSSR count). The molecule has 2 N–H and O–H groups in total. The molecule has 0 aliphatic carbocycles. The molecule has 0 spiro atoms. The van der Waals surface area contributed by atoms with E-state index in [1.807, 2.05) is 0 Å². The van der Waals surface area contributed by atoms with Crippen LogP contribution in [0.15, 0.2) is 12.3 Å². The summed E-state index contributed by atoms with van der Waals surface area (Å²) >= 11 is 0. The molecule has 1 aliphatic rings. The Kier molecular flexibility index (Phi) is 4.31. The van der Waals surface area contributed by atoms with Crippen LogP contribution in [0, 0.1) is 11.7 Å². The summed E-state index contributed by atoms with van der Waals surface area (Å²) in [5.74, 6) is -1.59. The summed E-state index contributed by atoms with van der Waals surface area (Å²) in [6, 6.07) is 1.16. The van der Waals surface area contributed by atoms with Crippen molar-refractivity contribution in [2.24, 2.45) is 5.92 Å². The van der Waals surface area contributed by atoms with Gasteiger partial charge in [0.2, 0.25) is 0 Å². The van der Waals surface area contributed by atoms with E-state index in [9.17, 15) is 9.18 Å². The fourth-order valence-corrected chi connectivity index (χ4v) is 2.34. The van der Waals surface area contributed by atoms with E-state index in [2.05, 4.69) is 22.1 Å². The number of hydrogen-bond acceptors (Lipinski definition) is 4. The van der Waals surface area contributed by atoms with Gasteiger partial charge in [0.1, 0.15) is 5.56 Å². The summed E-state index contributed by atoms with van der Waals surface area (Å²) in [6.07, 6.45) is 2.38. The van der Waals surface area contributed by atoms with Crippen LogP contribution >= 0.6 is 0 Å². The number of carbonyl (C=O) groups is 1. The second-order valence-corrected chi connectivity index (χ2v) is 4.76. The van der Waals surface area contributed by atoms with Crippen LogP contribution in [0.3, 0.4) is 0 Å². The maximum Gasteiger partial charge on any atom is 0.338 e. The molecular formula is C13H18FN3O2. The van der Waals surface area contributed by atoms with Gasteiger partial charge < -0.3 is 15.3 Å². The van der Waals surface area contributed by atoms with Crippen molar-refractivity contribution in [3.05, 3.63) is 23.6 Å². The largest absolute Gasteiger partial charge is 0.478 e. The van der Waals surface area contributed by atoms with Crippen LogP contribution in [0.25, 0.3) is 0 Å². The third-order valence-corrected chi connectivity index (χ3v) is 3.49. The lowest BCUT2D eigenvalue weighted by molar-refractivity contribution is 0.0692. The van der Waals surface area contributed by atoms with Gasteiger partial charge >= 0.3 is 5.97 Å². The smallest absolute Gasteiger partial charge is 0.338 e. The van der Waals surface area contributed by atoms with Crippen molar-refractivity contribution < 1.29 is 14.3 Å². The molecule has 0 radical (unpaired) electrons. The highest BCUT2D eigenvalue weighted by Crippen LogP contribution is 2.19. The van der Waals surface area contributed by atoms with E-state index in [-0.39, 0.29) is 11.4 Å². The number of pyridine rings is 1. The van der Waals surface area contributed by atoms with E-state index in [0.717, 1.165) is 32.1 Å². The Morgan fingerprint density at radius 2 is 2.47 bits per heavy atom. The van der Waals surface area contributed by atoms with Crippen LogP contribution < -0.4 is 5.32 Å². The highest BCUT2D eigenvalue weighted by molar-refractivity contribution is 5.88. The normalized spacial score (nSPS) is 19.6. The number of aromatic carboxylic acids is 1. The van der Waals surface area contributed by atoms with Crippen LogP contribution in [0.2, 0.25) is 0 Å². The molecule has 5 nitrogen and oxygen atoms in total. The number of halogens is 1. The molecule has 1 aromatic rings. The molecule has 6 heteroatoms. The zero-order valence-electron chi connectivity index (χ0n) is 10.9. The minimum atomic E-state index is -1.28. The fraction of sp³-hybridized carbons (Fsp3) is 0.538. The Morgan fingerprint density at radius 1 is 1.68 bits per heavy atom. The van der Waals surface area contributed by atoms with Crippen LogP contribution in [0.4, 0.5) is 10.2 Å². The standard InChI is InChI=1S/C13H18FN3O2/c1-2-17-6-4-9(8-17)7-16-12-11(14)10(13(18)19)3-5-15-12/h3,5,9H,2,4,6-8H2,1H3,(H,15,16)(H,18,19). The molecule has 0 bridgehead atoms. The van der Waals surface area contributed by atoms with E-state index in [0.29, 0.717) is 12.5 Å². The number of aromatic nitrogens is 1. The van der Waals surface area contributed by atoms with Gasteiger partial charge in [-0.05, 0) is 31.5 Å². The van der Waals surface area contributed by atoms with Gasteiger partial charge in [-0.15, -0.1) is 0 Å². The number of carboxylic acids is 1. The highest BCUT2D eigenvalue weighted by Gasteiger charge is 2.22. The first-order valence-electron chi connectivity index (χ1n) is 6.45. The van der Waals surface area contributed by atoms with E-state index in [1.165, 1.54) is 6.20 Å². The van der Waals surface area contributed by atoms with Crippen molar-refractivity contribution in [1.82, 2.24) is 9.88 Å². The maximum absolute atomic E-state index is 13.8. The number of likely N-dealkylation sites (tertiary alicyclic amines) is 1. The highest BCUT2D eigenvalue weighted by atomic mass is 19.1. The Labute approximate surface area is 111 Å². The van der Waals surface area contributed by atoms with Gasteiger partial charge in [0.15, 0.2) is 11.6 Å². The molecule has 1 atom stereocenters. The number of anilines is 1. The summed E-state index contributed by atoms with van der Waals surface area (Å²) < 4.78 is 13.8. The predicted octanol–water partition coefficient (Wildman–Crippen LogP) is 1.67. The first kappa shape index (κ1) is 13.7. The number of nitrogens with zero attached hydrogens (tertiary/aromatic N) is 2. The zero-order chi connectivity index (χ0) is 13.8. The molecule has 2 heterocycles. The summed E-state index contributed by atoms with van der Waals surface area (Å²) in [6.45, 7) is 5.81. The maximum atomic E-state index is 13.8. The number of rotatable bonds is 5. The molecular weight excluding hydrogens is 249 g/mol. The molecule has 0 amide bonds. The monoisotopic (exact) mass is 267 g/mol. The van der Waals surface area contributed by atoms with Crippen LogP contribution in [-0.2, 0) is 0 Å². The predicted molar refractivity (Wildman–Crippen MR) is 69.9 cm³/mol. The SMILES string of the molecule is CCN1CCC(CNc2nccc(C(=O)O)c2F)C1. The lowest BCUT2D eigenvalue weighted by Gasteiger charge is -2.14. The van der Waals surface area contributed by atoms with Crippen molar-refractivity contribution >= 4 is 11.8 Å². The third-order valence-electron chi connectivity index (χ3n) is 3.49. The summed E-state index contributed by atoms with van der Waals surface area (Å²) in [7, 11) is 0. The Balaban J connectivity index is 1.97. The average Bonchev–Trinajstić information content (AvgIpc) is 2.85. The van der Waals surface area contributed by atoms with Crippen molar-refractivity contribution in [2.45, 2.75) is 13.3 Å². The lowest BCUT2D eigenvalue weighted by atomic mass is 10.1. The second-order valence-electron chi connectivity index (χ2n) is 4.76. The van der Waals surface area contributed by atoms with E-state index >= 15 is 0 Å². The van der Waals surface area contributed by atoms with Gasteiger partial charge in [-0.3, -0.25) is 0 Å². The Hall–Kier alpha value is -1.69. The van der Waals surface area contributed by atoms with Gasteiger partial charge in [0.25, 0.3) is 0 Å². The quantitative estimate of drug-likeness (QED) is 0.849. The minimum absolute atomic E-state index is 0.0230. The van der Waals surface area contributed by atoms with Crippen LogP contribution in [-0.4, -0.2) is 47.1 Å². The number of hydrogen-bond donors (Lipinski definition) is 2. The molecule has 1 aliphatic heterocycles. The molecule has 19 heavy (non-hydrogen) atoms. The topological polar surface area (TPSA) is 65.5 Å². The van der Waals surface area contributed by atoms with E-state index in [4.69, 9.17) is 5.11 Å². The van der Waals surface area contributed by atoms with Gasteiger partial charge in [-0.25, -0.2) is 14.2 Å². The Bertz CT molecular complexity index is 467. The molecule has 0 saturated carbocycles. The van der Waals surface area contributed by atoms with Crippen LogP contribution in [0.1, 0.15) is 23.7 Å². The van der Waals surface area contributed by atoms with Crippen molar-refractivity contribution in [1.29, 1.82) is 0 Å². The molecule has 1 fully saturated rings. The molecule has 1 unspecified atom stereocenters. The second kappa shape index (κ2) is 5.97. The van der Waals surface area contributed by atoms with Crippen molar-refractivity contribution in [3.63, 3.8) is 0 Å². The van der Waals surface area contributed by atoms with Crippen molar-refractivity contribution in [3.8, 4) is 0 Å². The first-order chi connectivity index (χ1) is 9.11. The number of carboxylic acid groups (broad SMARTS) is 1. The summed E-state index contributed by atoms with van der Waals surface area (Å²) in [5.41, 5.74) is -0.348. The molecule has 1 aromatic heterocycles. The lowest BCUT2D eigenvalue weighted by Crippen LogP contribution is -2.23. The van der Waals surface area contributed by atoms with Crippen molar-refractivity contribution in [2.75, 3.05) is 31.5 Å². The summed E-state index contributed by atoms with van der Waals surface area (Å²) in [5, 5.41) is 11.8. The minimum Gasteiger partial charge on any atom is -0.478 e.